The Morgan fingerprint density at radius 1 is 1.19 bits per heavy atom. The summed E-state index contributed by atoms with van der Waals surface area (Å²) < 4.78 is 9.87. The van der Waals surface area contributed by atoms with E-state index in [9.17, 15) is 14.4 Å². The molecule has 0 radical (unpaired) electrons. The number of carbonyl (C=O) groups excluding carboxylic acids is 3. The maximum atomic E-state index is 12.5. The molecule has 1 saturated heterocycles. The van der Waals surface area contributed by atoms with Crippen LogP contribution in [0.5, 0.6) is 0 Å². The molecule has 2 heterocycles. The summed E-state index contributed by atoms with van der Waals surface area (Å²) in [4.78, 5) is 37.0. The lowest BCUT2D eigenvalue weighted by Crippen LogP contribution is -2.30. The first-order valence-electron chi connectivity index (χ1n) is 8.12. The maximum Gasteiger partial charge on any atom is 0.373 e. The number of aryl methyl sites for hydroxylation is 1. The summed E-state index contributed by atoms with van der Waals surface area (Å²) >= 11 is 0. The van der Waals surface area contributed by atoms with Gasteiger partial charge in [0.1, 0.15) is 11.5 Å². The molecule has 26 heavy (non-hydrogen) atoms. The molecule has 1 aromatic carbocycles. The van der Waals surface area contributed by atoms with Crippen molar-refractivity contribution in [2.75, 3.05) is 7.11 Å². The number of esters is 1. The van der Waals surface area contributed by atoms with Gasteiger partial charge in [-0.1, -0.05) is 31.2 Å². The molecule has 134 valence electrons. The number of rotatable bonds is 5. The molecule has 7 nitrogen and oxygen atoms in total. The normalized spacial score (nSPS) is 15.5. The standard InChI is InChI=1S/C19H18N2O5/c1-3-12-4-6-13(7-5-12)10-15-17(22)21(19(24)20-15)11-14-8-9-16(26-14)18(23)25-2/h4-10H,3,11H2,1-2H3,(H,20,24)/b15-10-. The lowest BCUT2D eigenvalue weighted by molar-refractivity contribution is -0.123. The van der Waals surface area contributed by atoms with Crippen LogP contribution in [-0.2, 0) is 22.5 Å². The minimum atomic E-state index is -0.621. The van der Waals surface area contributed by atoms with Crippen molar-refractivity contribution in [2.45, 2.75) is 19.9 Å². The van der Waals surface area contributed by atoms with E-state index >= 15 is 0 Å². The Morgan fingerprint density at radius 3 is 2.58 bits per heavy atom. The van der Waals surface area contributed by atoms with Crippen LogP contribution in [0.4, 0.5) is 4.79 Å². The highest BCUT2D eigenvalue weighted by Crippen LogP contribution is 2.19. The average molecular weight is 354 g/mol. The smallest absolute Gasteiger partial charge is 0.373 e. The van der Waals surface area contributed by atoms with E-state index in [1.807, 2.05) is 24.3 Å². The van der Waals surface area contributed by atoms with Crippen molar-refractivity contribution < 1.29 is 23.5 Å². The molecule has 0 saturated carbocycles. The fraction of sp³-hybridized carbons (Fsp3) is 0.211. The van der Waals surface area contributed by atoms with Crippen LogP contribution in [-0.4, -0.2) is 29.9 Å². The summed E-state index contributed by atoms with van der Waals surface area (Å²) in [5.74, 6) is -0.751. The lowest BCUT2D eigenvalue weighted by atomic mass is 10.1. The van der Waals surface area contributed by atoms with Gasteiger partial charge in [0.2, 0.25) is 5.76 Å². The number of urea groups is 1. The fourth-order valence-corrected chi connectivity index (χ4v) is 2.56. The van der Waals surface area contributed by atoms with E-state index in [-0.39, 0.29) is 18.0 Å². The number of nitrogens with zero attached hydrogens (tertiary/aromatic N) is 1. The minimum Gasteiger partial charge on any atom is -0.463 e. The summed E-state index contributed by atoms with van der Waals surface area (Å²) in [6.45, 7) is 1.99. The average Bonchev–Trinajstić information content (AvgIpc) is 3.22. The maximum absolute atomic E-state index is 12.5. The zero-order chi connectivity index (χ0) is 18.7. The van der Waals surface area contributed by atoms with Crippen molar-refractivity contribution >= 4 is 24.0 Å². The SMILES string of the molecule is CCc1ccc(/C=C2\NC(=O)N(Cc3ccc(C(=O)OC)o3)C2=O)cc1. The molecule has 0 bridgehead atoms. The number of hydrogen-bond acceptors (Lipinski definition) is 5. The van der Waals surface area contributed by atoms with E-state index in [1.165, 1.54) is 24.8 Å². The minimum absolute atomic E-state index is 0.0151. The Hall–Kier alpha value is -3.35. The summed E-state index contributed by atoms with van der Waals surface area (Å²) in [7, 11) is 1.24. The summed E-state index contributed by atoms with van der Waals surface area (Å²) in [5, 5.41) is 2.56. The second-order valence-corrected chi connectivity index (χ2v) is 5.73. The van der Waals surface area contributed by atoms with Crippen LogP contribution in [0.1, 0.15) is 34.4 Å². The van der Waals surface area contributed by atoms with Gasteiger partial charge in [-0.15, -0.1) is 0 Å². The molecule has 1 fully saturated rings. The van der Waals surface area contributed by atoms with Crippen LogP contribution in [0.25, 0.3) is 6.08 Å². The third-order valence-electron chi connectivity index (χ3n) is 4.02. The second kappa shape index (κ2) is 7.26. The number of amides is 3. The third kappa shape index (κ3) is 3.51. The van der Waals surface area contributed by atoms with Crippen molar-refractivity contribution in [2.24, 2.45) is 0 Å². The lowest BCUT2D eigenvalue weighted by Gasteiger charge is -2.09. The number of ether oxygens (including phenoxy) is 1. The molecule has 2 aromatic rings. The van der Waals surface area contributed by atoms with E-state index in [1.54, 1.807) is 6.08 Å². The van der Waals surface area contributed by atoms with Gasteiger partial charge < -0.3 is 14.5 Å². The molecule has 0 spiro atoms. The molecule has 1 N–H and O–H groups in total. The third-order valence-corrected chi connectivity index (χ3v) is 4.02. The molecule has 0 atom stereocenters. The van der Waals surface area contributed by atoms with E-state index < -0.39 is 17.9 Å². The Labute approximate surface area is 150 Å². The van der Waals surface area contributed by atoms with Crippen molar-refractivity contribution in [3.63, 3.8) is 0 Å². The van der Waals surface area contributed by atoms with Crippen molar-refractivity contribution in [1.29, 1.82) is 0 Å². The molecule has 3 rings (SSSR count). The Balaban J connectivity index is 1.75. The molecular weight excluding hydrogens is 336 g/mol. The van der Waals surface area contributed by atoms with Crippen molar-refractivity contribution in [1.82, 2.24) is 10.2 Å². The quantitative estimate of drug-likeness (QED) is 0.507. The molecule has 7 heteroatoms. The number of benzene rings is 1. The highest BCUT2D eigenvalue weighted by molar-refractivity contribution is 6.13. The molecular formula is C19H18N2O5. The number of furan rings is 1. The predicted molar refractivity (Wildman–Crippen MR) is 92.9 cm³/mol. The van der Waals surface area contributed by atoms with E-state index in [4.69, 9.17) is 4.42 Å². The zero-order valence-electron chi connectivity index (χ0n) is 14.4. The molecule has 1 aliphatic heterocycles. The van der Waals surface area contributed by atoms with Gasteiger partial charge in [0, 0.05) is 0 Å². The number of methoxy groups -OCH3 is 1. The Kier molecular flexibility index (Phi) is 4.88. The topological polar surface area (TPSA) is 88.8 Å². The van der Waals surface area contributed by atoms with Gasteiger partial charge in [0.15, 0.2) is 0 Å². The van der Waals surface area contributed by atoms with E-state index in [2.05, 4.69) is 17.0 Å². The van der Waals surface area contributed by atoms with Crippen molar-refractivity contribution in [3.05, 3.63) is 64.7 Å². The first-order chi connectivity index (χ1) is 12.5. The molecule has 3 amide bonds. The molecule has 0 unspecified atom stereocenters. The summed E-state index contributed by atoms with van der Waals surface area (Å²) in [6.07, 6.45) is 2.55. The number of hydrogen-bond donors (Lipinski definition) is 1. The molecule has 0 aliphatic carbocycles. The Morgan fingerprint density at radius 2 is 1.92 bits per heavy atom. The van der Waals surface area contributed by atoms with Gasteiger partial charge in [-0.3, -0.25) is 9.69 Å². The van der Waals surface area contributed by atoms with Gasteiger partial charge in [-0.25, -0.2) is 9.59 Å². The largest absolute Gasteiger partial charge is 0.463 e. The number of carbonyl (C=O) groups is 3. The highest BCUT2D eigenvalue weighted by atomic mass is 16.5. The summed E-state index contributed by atoms with van der Waals surface area (Å²) in [5.41, 5.74) is 2.20. The van der Waals surface area contributed by atoms with Gasteiger partial charge in [-0.05, 0) is 35.8 Å². The van der Waals surface area contributed by atoms with Crippen LogP contribution in [0.15, 0.2) is 46.5 Å². The van der Waals surface area contributed by atoms with Crippen LogP contribution >= 0.6 is 0 Å². The van der Waals surface area contributed by atoms with Gasteiger partial charge in [-0.2, -0.15) is 0 Å². The van der Waals surface area contributed by atoms with Crippen molar-refractivity contribution in [3.8, 4) is 0 Å². The monoisotopic (exact) mass is 354 g/mol. The van der Waals surface area contributed by atoms with Gasteiger partial charge in [0.05, 0.1) is 13.7 Å². The summed E-state index contributed by atoms with van der Waals surface area (Å²) in [6, 6.07) is 10.2. The number of imide groups is 1. The van der Waals surface area contributed by atoms with Crippen LogP contribution in [0.3, 0.4) is 0 Å². The first-order valence-corrected chi connectivity index (χ1v) is 8.12. The van der Waals surface area contributed by atoms with Crippen LogP contribution < -0.4 is 5.32 Å². The number of nitrogens with one attached hydrogen (secondary N) is 1. The molecule has 1 aliphatic rings. The highest BCUT2D eigenvalue weighted by Gasteiger charge is 2.34. The predicted octanol–water partition coefficient (Wildman–Crippen LogP) is 2.72. The second-order valence-electron chi connectivity index (χ2n) is 5.73. The van der Waals surface area contributed by atoms with E-state index in [0.29, 0.717) is 5.76 Å². The van der Waals surface area contributed by atoms with Crippen LogP contribution in [0, 0.1) is 0 Å². The van der Waals surface area contributed by atoms with Gasteiger partial charge in [0.25, 0.3) is 5.91 Å². The van der Waals surface area contributed by atoms with Gasteiger partial charge >= 0.3 is 12.0 Å². The first kappa shape index (κ1) is 17.5. The van der Waals surface area contributed by atoms with Crippen LogP contribution in [0.2, 0.25) is 0 Å². The fourth-order valence-electron chi connectivity index (χ4n) is 2.56. The van der Waals surface area contributed by atoms with E-state index in [0.717, 1.165) is 16.9 Å². The Bertz CT molecular complexity index is 880. The molecule has 1 aromatic heterocycles. The zero-order valence-corrected chi connectivity index (χ0v) is 14.4.